The summed E-state index contributed by atoms with van der Waals surface area (Å²) in [5.41, 5.74) is 2.68. The normalized spacial score (nSPS) is 12.2. The average molecular weight is 434 g/mol. The first-order valence-corrected chi connectivity index (χ1v) is 10.5. The molecular weight excluding hydrogens is 416 g/mol. The fourth-order valence-electron chi connectivity index (χ4n) is 3.16. The number of furan rings is 1. The minimum atomic E-state index is -0.165. The first-order valence-electron chi connectivity index (χ1n) is 9.56. The Kier molecular flexibility index (Phi) is 5.09. The van der Waals surface area contributed by atoms with Crippen molar-refractivity contribution >= 4 is 23.4 Å². The molecule has 0 spiro atoms. The molecule has 0 atom stereocenters. The molecule has 4 aromatic rings. The molecule has 1 aliphatic heterocycles. The van der Waals surface area contributed by atoms with Crippen LogP contribution in [0.25, 0.3) is 17.3 Å². The maximum atomic E-state index is 12.5. The molecule has 31 heavy (non-hydrogen) atoms. The number of nitrogens with one attached hydrogen (secondary N) is 1. The molecule has 5 rings (SSSR count). The zero-order valence-corrected chi connectivity index (χ0v) is 17.4. The molecule has 8 nitrogen and oxygen atoms in total. The number of carbonyl (C=O) groups is 1. The van der Waals surface area contributed by atoms with Crippen LogP contribution in [0.1, 0.15) is 5.56 Å². The molecule has 1 N–H and O–H groups in total. The lowest BCUT2D eigenvalue weighted by atomic mass is 10.2. The molecule has 0 unspecified atom stereocenters. The summed E-state index contributed by atoms with van der Waals surface area (Å²) in [4.78, 5) is 12.5. The van der Waals surface area contributed by atoms with Crippen LogP contribution >= 0.6 is 11.8 Å². The predicted molar refractivity (Wildman–Crippen MR) is 116 cm³/mol. The Morgan fingerprint density at radius 2 is 1.94 bits per heavy atom. The zero-order chi connectivity index (χ0) is 21.2. The largest absolute Gasteiger partial charge is 0.461 e. The Bertz CT molecular complexity index is 1220. The molecule has 156 valence electrons. The van der Waals surface area contributed by atoms with Gasteiger partial charge in [0.05, 0.1) is 12.0 Å². The number of rotatable bonds is 6. The highest BCUT2D eigenvalue weighted by Crippen LogP contribution is 2.34. The molecule has 0 bridgehead atoms. The molecule has 9 heteroatoms. The summed E-state index contributed by atoms with van der Waals surface area (Å²) in [7, 11) is 0. The van der Waals surface area contributed by atoms with Gasteiger partial charge in [0.1, 0.15) is 0 Å². The molecular formula is C22H18N4O4S. The SMILES string of the molecule is Cc1ccc(-n2c(SCC(=O)Nc3ccc4c(c3)OCO4)nnc2-c2ccco2)cc1. The van der Waals surface area contributed by atoms with E-state index in [0.717, 1.165) is 11.3 Å². The number of nitrogens with zero attached hydrogens (tertiary/aromatic N) is 3. The molecule has 0 saturated heterocycles. The Labute approximate surface area is 182 Å². The molecule has 1 amide bonds. The van der Waals surface area contributed by atoms with E-state index in [9.17, 15) is 4.79 Å². The maximum Gasteiger partial charge on any atom is 0.234 e. The molecule has 1 aliphatic rings. The van der Waals surface area contributed by atoms with Crippen LogP contribution in [-0.2, 0) is 4.79 Å². The summed E-state index contributed by atoms with van der Waals surface area (Å²) in [5, 5.41) is 12.1. The third-order valence-electron chi connectivity index (χ3n) is 4.66. The van der Waals surface area contributed by atoms with Gasteiger partial charge in [-0.1, -0.05) is 29.5 Å². The minimum Gasteiger partial charge on any atom is -0.461 e. The first kappa shape index (κ1) is 19.3. The van der Waals surface area contributed by atoms with Crippen LogP contribution in [-0.4, -0.2) is 33.2 Å². The standard InChI is InChI=1S/C22H18N4O4S/c1-14-4-7-16(8-5-14)26-21(18-3-2-10-28-18)24-25-22(26)31-12-20(27)23-15-6-9-17-19(11-15)30-13-29-17/h2-11H,12-13H2,1H3,(H,23,27). The van der Waals surface area contributed by atoms with E-state index in [1.807, 2.05) is 41.8 Å². The van der Waals surface area contributed by atoms with E-state index >= 15 is 0 Å². The van der Waals surface area contributed by atoms with Gasteiger partial charge in [-0.05, 0) is 43.3 Å². The zero-order valence-electron chi connectivity index (χ0n) is 16.6. The lowest BCUT2D eigenvalue weighted by Gasteiger charge is -2.10. The fraction of sp³-hybridized carbons (Fsp3) is 0.136. The van der Waals surface area contributed by atoms with E-state index in [1.54, 1.807) is 30.5 Å². The molecule has 2 aromatic heterocycles. The first-order chi connectivity index (χ1) is 15.2. The Morgan fingerprint density at radius 3 is 2.74 bits per heavy atom. The van der Waals surface area contributed by atoms with Crippen LogP contribution in [0.5, 0.6) is 11.5 Å². The number of hydrogen-bond donors (Lipinski definition) is 1. The number of aryl methyl sites for hydroxylation is 1. The van der Waals surface area contributed by atoms with Gasteiger partial charge >= 0.3 is 0 Å². The lowest BCUT2D eigenvalue weighted by molar-refractivity contribution is -0.113. The second-order valence-electron chi connectivity index (χ2n) is 6.86. The van der Waals surface area contributed by atoms with Crippen molar-refractivity contribution in [3.05, 3.63) is 66.4 Å². The van der Waals surface area contributed by atoms with Crippen LogP contribution in [0.4, 0.5) is 5.69 Å². The Balaban J connectivity index is 1.35. The minimum absolute atomic E-state index is 0.163. The van der Waals surface area contributed by atoms with Crippen molar-refractivity contribution in [3.8, 4) is 28.8 Å². The van der Waals surface area contributed by atoms with Crippen molar-refractivity contribution in [3.63, 3.8) is 0 Å². The van der Waals surface area contributed by atoms with Gasteiger partial charge < -0.3 is 19.2 Å². The van der Waals surface area contributed by atoms with Crippen LogP contribution in [0.2, 0.25) is 0 Å². The number of anilines is 1. The van der Waals surface area contributed by atoms with Gasteiger partial charge in [-0.3, -0.25) is 9.36 Å². The van der Waals surface area contributed by atoms with Crippen molar-refractivity contribution in [1.29, 1.82) is 0 Å². The summed E-state index contributed by atoms with van der Waals surface area (Å²) in [6.07, 6.45) is 1.59. The van der Waals surface area contributed by atoms with Crippen molar-refractivity contribution < 1.29 is 18.7 Å². The third-order valence-corrected chi connectivity index (χ3v) is 5.58. The second kappa shape index (κ2) is 8.19. The maximum absolute atomic E-state index is 12.5. The number of hydrogen-bond acceptors (Lipinski definition) is 7. The van der Waals surface area contributed by atoms with E-state index in [0.29, 0.717) is 33.9 Å². The topological polar surface area (TPSA) is 91.4 Å². The number of fused-ring (bicyclic) bond motifs is 1. The molecule has 2 aromatic carbocycles. The van der Waals surface area contributed by atoms with Crippen LogP contribution in [0, 0.1) is 6.92 Å². The van der Waals surface area contributed by atoms with E-state index in [1.165, 1.54) is 11.8 Å². The van der Waals surface area contributed by atoms with Crippen LogP contribution < -0.4 is 14.8 Å². The van der Waals surface area contributed by atoms with Gasteiger partial charge in [0.15, 0.2) is 22.4 Å². The van der Waals surface area contributed by atoms with E-state index in [4.69, 9.17) is 13.9 Å². The highest BCUT2D eigenvalue weighted by atomic mass is 32.2. The van der Waals surface area contributed by atoms with Crippen molar-refractivity contribution in [2.45, 2.75) is 12.1 Å². The Hall–Kier alpha value is -3.72. The van der Waals surface area contributed by atoms with E-state index < -0.39 is 0 Å². The molecule has 0 aliphatic carbocycles. The number of benzene rings is 2. The van der Waals surface area contributed by atoms with Crippen molar-refractivity contribution in [1.82, 2.24) is 14.8 Å². The van der Waals surface area contributed by atoms with E-state index in [-0.39, 0.29) is 18.5 Å². The molecule has 3 heterocycles. The van der Waals surface area contributed by atoms with Crippen molar-refractivity contribution in [2.75, 3.05) is 17.9 Å². The number of thioether (sulfide) groups is 1. The molecule has 0 fully saturated rings. The summed E-state index contributed by atoms with van der Waals surface area (Å²) >= 11 is 1.30. The van der Waals surface area contributed by atoms with Gasteiger partial charge in [0, 0.05) is 17.4 Å². The lowest BCUT2D eigenvalue weighted by Crippen LogP contribution is -2.14. The summed E-state index contributed by atoms with van der Waals surface area (Å²) in [6, 6.07) is 16.9. The fourth-order valence-corrected chi connectivity index (χ4v) is 3.91. The molecule has 0 saturated carbocycles. The van der Waals surface area contributed by atoms with Gasteiger partial charge in [-0.25, -0.2) is 0 Å². The Morgan fingerprint density at radius 1 is 1.10 bits per heavy atom. The number of aromatic nitrogens is 3. The van der Waals surface area contributed by atoms with Gasteiger partial charge in [-0.2, -0.15) is 0 Å². The number of carbonyl (C=O) groups excluding carboxylic acids is 1. The summed E-state index contributed by atoms with van der Waals surface area (Å²) in [5.74, 6) is 2.46. The monoisotopic (exact) mass is 434 g/mol. The smallest absolute Gasteiger partial charge is 0.234 e. The average Bonchev–Trinajstić information content (AvgIpc) is 3.52. The highest BCUT2D eigenvalue weighted by Gasteiger charge is 2.19. The molecule has 0 radical (unpaired) electrons. The number of amides is 1. The van der Waals surface area contributed by atoms with Gasteiger partial charge in [0.2, 0.25) is 18.5 Å². The third kappa shape index (κ3) is 3.99. The van der Waals surface area contributed by atoms with Gasteiger partial charge in [0.25, 0.3) is 0 Å². The van der Waals surface area contributed by atoms with E-state index in [2.05, 4.69) is 15.5 Å². The highest BCUT2D eigenvalue weighted by molar-refractivity contribution is 7.99. The van der Waals surface area contributed by atoms with Crippen LogP contribution in [0.3, 0.4) is 0 Å². The van der Waals surface area contributed by atoms with Crippen molar-refractivity contribution in [2.24, 2.45) is 0 Å². The van der Waals surface area contributed by atoms with Gasteiger partial charge in [-0.15, -0.1) is 10.2 Å². The number of ether oxygens (including phenoxy) is 2. The quantitative estimate of drug-likeness (QED) is 0.453. The summed E-state index contributed by atoms with van der Waals surface area (Å²) < 4.78 is 18.1. The summed E-state index contributed by atoms with van der Waals surface area (Å²) in [6.45, 7) is 2.22. The van der Waals surface area contributed by atoms with Crippen LogP contribution in [0.15, 0.2) is 70.4 Å². The predicted octanol–water partition coefficient (Wildman–Crippen LogP) is 4.30. The second-order valence-corrected chi connectivity index (χ2v) is 7.80.